The highest BCUT2D eigenvalue weighted by atomic mass is 35.5. The average Bonchev–Trinajstić information content (AvgIpc) is 2.32. The van der Waals surface area contributed by atoms with Gasteiger partial charge in [0.25, 0.3) is 0 Å². The van der Waals surface area contributed by atoms with Gasteiger partial charge in [0, 0.05) is 23.6 Å². The third kappa shape index (κ3) is 2.93. The average molecular weight is 300 g/mol. The van der Waals surface area contributed by atoms with Crippen LogP contribution in [0.15, 0.2) is 18.2 Å². The molecule has 1 aromatic rings. The highest BCUT2D eigenvalue weighted by Gasteiger charge is 2.45. The summed E-state index contributed by atoms with van der Waals surface area (Å²) in [6.45, 7) is -0.0416. The van der Waals surface area contributed by atoms with Crippen LogP contribution in [-0.4, -0.2) is 17.0 Å². The molecule has 6 heteroatoms. The lowest BCUT2D eigenvalue weighted by molar-refractivity contribution is -0.157. The van der Waals surface area contributed by atoms with Crippen LogP contribution < -0.4 is 5.32 Å². The topological polar surface area (TPSA) is 66.4 Å². The van der Waals surface area contributed by atoms with E-state index in [1.54, 1.807) is 0 Å². The molecule has 1 aliphatic rings. The standard InChI is InChI=1S/C14H15ClFNO3/c15-10-3-1-4-11(16)9(10)8-17-12(18)7-14(13(19)20)5-2-6-14/h1,3-4H,2,5-8H2,(H,17,18)(H,19,20). The van der Waals surface area contributed by atoms with E-state index in [0.717, 1.165) is 6.42 Å². The first-order valence-corrected chi connectivity index (χ1v) is 6.75. The number of hydrogen-bond acceptors (Lipinski definition) is 2. The summed E-state index contributed by atoms with van der Waals surface area (Å²) in [5, 5.41) is 11.9. The van der Waals surface area contributed by atoms with E-state index in [2.05, 4.69) is 5.32 Å². The van der Waals surface area contributed by atoms with Crippen LogP contribution >= 0.6 is 11.6 Å². The molecule has 0 radical (unpaired) electrons. The second kappa shape index (κ2) is 5.79. The summed E-state index contributed by atoms with van der Waals surface area (Å²) in [4.78, 5) is 23.0. The summed E-state index contributed by atoms with van der Waals surface area (Å²) in [6.07, 6.45) is 1.76. The van der Waals surface area contributed by atoms with Gasteiger partial charge in [-0.1, -0.05) is 24.1 Å². The molecule has 0 saturated heterocycles. The van der Waals surface area contributed by atoms with E-state index in [0.29, 0.717) is 12.8 Å². The molecule has 1 aromatic carbocycles. The Kier molecular flexibility index (Phi) is 4.28. The number of halogens is 2. The lowest BCUT2D eigenvalue weighted by Crippen LogP contribution is -2.42. The molecule has 0 aromatic heterocycles. The number of carboxylic acid groups (broad SMARTS) is 1. The number of carboxylic acids is 1. The van der Waals surface area contributed by atoms with Gasteiger partial charge in [0.15, 0.2) is 0 Å². The number of carbonyl (C=O) groups is 2. The Hall–Kier alpha value is -1.62. The first kappa shape index (κ1) is 14.8. The second-order valence-corrected chi connectivity index (χ2v) is 5.50. The van der Waals surface area contributed by atoms with E-state index >= 15 is 0 Å². The van der Waals surface area contributed by atoms with E-state index in [4.69, 9.17) is 16.7 Å². The van der Waals surface area contributed by atoms with Gasteiger partial charge in [-0.05, 0) is 25.0 Å². The Morgan fingerprint density at radius 1 is 1.40 bits per heavy atom. The predicted octanol–water partition coefficient (Wildman–Crippen LogP) is 2.74. The first-order valence-electron chi connectivity index (χ1n) is 6.38. The minimum atomic E-state index is -0.942. The van der Waals surface area contributed by atoms with Gasteiger partial charge in [-0.3, -0.25) is 9.59 Å². The van der Waals surface area contributed by atoms with E-state index < -0.39 is 23.1 Å². The molecular formula is C14H15ClFNO3. The van der Waals surface area contributed by atoms with Crippen LogP contribution in [0.25, 0.3) is 0 Å². The van der Waals surface area contributed by atoms with Gasteiger partial charge in [0.1, 0.15) is 5.82 Å². The molecule has 0 aliphatic heterocycles. The molecule has 0 heterocycles. The molecule has 0 unspecified atom stereocenters. The number of hydrogen-bond donors (Lipinski definition) is 2. The van der Waals surface area contributed by atoms with Gasteiger partial charge < -0.3 is 10.4 Å². The van der Waals surface area contributed by atoms with Crippen molar-refractivity contribution in [1.29, 1.82) is 0 Å². The smallest absolute Gasteiger partial charge is 0.310 e. The Labute approximate surface area is 120 Å². The third-order valence-electron chi connectivity index (χ3n) is 3.79. The molecule has 1 amide bonds. The molecule has 20 heavy (non-hydrogen) atoms. The van der Waals surface area contributed by atoms with Crippen molar-refractivity contribution in [3.63, 3.8) is 0 Å². The van der Waals surface area contributed by atoms with Gasteiger partial charge >= 0.3 is 5.97 Å². The highest BCUT2D eigenvalue weighted by Crippen LogP contribution is 2.44. The Balaban J connectivity index is 1.94. The lowest BCUT2D eigenvalue weighted by Gasteiger charge is -2.36. The summed E-state index contributed by atoms with van der Waals surface area (Å²) in [5.41, 5.74) is -0.733. The fourth-order valence-electron chi connectivity index (χ4n) is 2.33. The molecule has 2 N–H and O–H groups in total. The minimum absolute atomic E-state index is 0.0416. The Bertz CT molecular complexity index is 523. The fourth-order valence-corrected chi connectivity index (χ4v) is 2.56. The molecule has 1 aliphatic carbocycles. The normalized spacial score (nSPS) is 16.3. The maximum atomic E-state index is 13.5. The van der Waals surface area contributed by atoms with Crippen molar-refractivity contribution in [3.8, 4) is 0 Å². The predicted molar refractivity (Wildman–Crippen MR) is 71.8 cm³/mol. The molecule has 1 saturated carbocycles. The van der Waals surface area contributed by atoms with Crippen molar-refractivity contribution >= 4 is 23.5 Å². The number of nitrogens with one attached hydrogen (secondary N) is 1. The van der Waals surface area contributed by atoms with Crippen LogP contribution in [0.1, 0.15) is 31.2 Å². The number of benzene rings is 1. The van der Waals surface area contributed by atoms with Crippen molar-refractivity contribution in [2.45, 2.75) is 32.2 Å². The van der Waals surface area contributed by atoms with Gasteiger partial charge in [0.05, 0.1) is 5.41 Å². The molecule has 0 bridgehead atoms. The first-order chi connectivity index (χ1) is 9.44. The van der Waals surface area contributed by atoms with Crippen molar-refractivity contribution in [2.24, 2.45) is 5.41 Å². The van der Waals surface area contributed by atoms with Crippen LogP contribution in [0.5, 0.6) is 0 Å². The van der Waals surface area contributed by atoms with Gasteiger partial charge in [-0.2, -0.15) is 0 Å². The number of amides is 1. The molecule has 2 rings (SSSR count). The zero-order valence-corrected chi connectivity index (χ0v) is 11.5. The van der Waals surface area contributed by atoms with Crippen molar-refractivity contribution < 1.29 is 19.1 Å². The van der Waals surface area contributed by atoms with Crippen molar-refractivity contribution in [3.05, 3.63) is 34.6 Å². The molecule has 0 spiro atoms. The summed E-state index contributed by atoms with van der Waals surface area (Å²) in [7, 11) is 0. The second-order valence-electron chi connectivity index (χ2n) is 5.09. The van der Waals surface area contributed by atoms with Crippen molar-refractivity contribution in [2.75, 3.05) is 0 Å². The van der Waals surface area contributed by atoms with Crippen molar-refractivity contribution in [1.82, 2.24) is 5.32 Å². The summed E-state index contributed by atoms with van der Waals surface area (Å²) in [6, 6.07) is 4.28. The molecule has 108 valence electrons. The zero-order chi connectivity index (χ0) is 14.8. The zero-order valence-electron chi connectivity index (χ0n) is 10.8. The van der Waals surface area contributed by atoms with E-state index in [-0.39, 0.29) is 23.6 Å². The third-order valence-corrected chi connectivity index (χ3v) is 4.14. The largest absolute Gasteiger partial charge is 0.481 e. The molecule has 4 nitrogen and oxygen atoms in total. The Morgan fingerprint density at radius 3 is 2.60 bits per heavy atom. The summed E-state index contributed by atoms with van der Waals surface area (Å²) in [5.74, 6) is -1.83. The summed E-state index contributed by atoms with van der Waals surface area (Å²) < 4.78 is 13.5. The van der Waals surface area contributed by atoms with Crippen LogP contribution in [0.3, 0.4) is 0 Å². The Morgan fingerprint density at radius 2 is 2.10 bits per heavy atom. The van der Waals surface area contributed by atoms with Gasteiger partial charge in [0.2, 0.25) is 5.91 Å². The summed E-state index contributed by atoms with van der Waals surface area (Å²) >= 11 is 5.85. The number of carbonyl (C=O) groups excluding carboxylic acids is 1. The quantitative estimate of drug-likeness (QED) is 0.878. The van der Waals surface area contributed by atoms with Crippen LogP contribution in [0.2, 0.25) is 5.02 Å². The lowest BCUT2D eigenvalue weighted by atomic mass is 9.66. The van der Waals surface area contributed by atoms with E-state index in [1.165, 1.54) is 18.2 Å². The maximum absolute atomic E-state index is 13.5. The number of aliphatic carboxylic acids is 1. The van der Waals surface area contributed by atoms with Gasteiger partial charge in [-0.25, -0.2) is 4.39 Å². The van der Waals surface area contributed by atoms with Crippen LogP contribution in [-0.2, 0) is 16.1 Å². The minimum Gasteiger partial charge on any atom is -0.481 e. The SMILES string of the molecule is O=C(CC1(C(=O)O)CCC1)NCc1c(F)cccc1Cl. The van der Waals surface area contributed by atoms with Crippen LogP contribution in [0.4, 0.5) is 4.39 Å². The van der Waals surface area contributed by atoms with E-state index in [1.807, 2.05) is 0 Å². The van der Waals surface area contributed by atoms with Gasteiger partial charge in [-0.15, -0.1) is 0 Å². The fraction of sp³-hybridized carbons (Fsp3) is 0.429. The molecule has 0 atom stereocenters. The monoisotopic (exact) mass is 299 g/mol. The van der Waals surface area contributed by atoms with Crippen LogP contribution in [0, 0.1) is 11.2 Å². The number of rotatable bonds is 5. The molecular weight excluding hydrogens is 285 g/mol. The van der Waals surface area contributed by atoms with E-state index in [9.17, 15) is 14.0 Å². The molecule has 1 fully saturated rings. The highest BCUT2D eigenvalue weighted by molar-refractivity contribution is 6.31. The maximum Gasteiger partial charge on any atom is 0.310 e.